The number of hydrogen-bond donors (Lipinski definition) is 2. The Hall–Kier alpha value is -1.74. The molecule has 0 saturated heterocycles. The van der Waals surface area contributed by atoms with E-state index in [9.17, 15) is 0 Å². The zero-order chi connectivity index (χ0) is 11.8. The molecule has 17 heavy (non-hydrogen) atoms. The Morgan fingerprint density at radius 3 is 1.53 bits per heavy atom. The Morgan fingerprint density at radius 1 is 0.706 bits per heavy atom. The SMILES string of the molecule is Cc1ccc(-c2ccc(-c3ccc(C)[nH]3)s2)[nH]1. The van der Waals surface area contributed by atoms with Gasteiger partial charge < -0.3 is 9.97 Å². The third-order valence-corrected chi connectivity index (χ3v) is 3.95. The molecule has 0 aromatic carbocycles. The lowest BCUT2D eigenvalue weighted by Crippen LogP contribution is -1.72. The van der Waals surface area contributed by atoms with Gasteiger partial charge in [0.1, 0.15) is 0 Å². The molecule has 0 aliphatic carbocycles. The van der Waals surface area contributed by atoms with E-state index in [0.717, 1.165) is 0 Å². The fraction of sp³-hybridized carbons (Fsp3) is 0.143. The van der Waals surface area contributed by atoms with Crippen molar-refractivity contribution in [2.75, 3.05) is 0 Å². The van der Waals surface area contributed by atoms with Crippen molar-refractivity contribution in [3.05, 3.63) is 47.8 Å². The van der Waals surface area contributed by atoms with Crippen LogP contribution in [0.3, 0.4) is 0 Å². The van der Waals surface area contributed by atoms with Crippen molar-refractivity contribution >= 4 is 11.3 Å². The molecular weight excluding hydrogens is 228 g/mol. The summed E-state index contributed by atoms with van der Waals surface area (Å²) in [6.07, 6.45) is 0. The Morgan fingerprint density at radius 2 is 1.18 bits per heavy atom. The lowest BCUT2D eigenvalue weighted by Gasteiger charge is -1.92. The number of aryl methyl sites for hydroxylation is 2. The lowest BCUT2D eigenvalue weighted by molar-refractivity contribution is 1.27. The van der Waals surface area contributed by atoms with E-state index in [1.165, 1.54) is 32.5 Å². The third-order valence-electron chi connectivity index (χ3n) is 2.80. The van der Waals surface area contributed by atoms with Crippen LogP contribution in [0.1, 0.15) is 11.4 Å². The zero-order valence-corrected chi connectivity index (χ0v) is 10.7. The molecule has 3 rings (SSSR count). The Labute approximate surface area is 104 Å². The van der Waals surface area contributed by atoms with E-state index < -0.39 is 0 Å². The van der Waals surface area contributed by atoms with Crippen molar-refractivity contribution in [1.29, 1.82) is 0 Å². The summed E-state index contributed by atoms with van der Waals surface area (Å²) in [6.45, 7) is 4.15. The highest BCUT2D eigenvalue weighted by Crippen LogP contribution is 2.33. The quantitative estimate of drug-likeness (QED) is 0.669. The highest BCUT2D eigenvalue weighted by molar-refractivity contribution is 7.18. The smallest absolute Gasteiger partial charge is 0.0557 e. The van der Waals surface area contributed by atoms with E-state index in [1.807, 2.05) is 0 Å². The first kappa shape index (κ1) is 10.4. The second kappa shape index (κ2) is 3.93. The molecule has 0 aliphatic rings. The van der Waals surface area contributed by atoms with Gasteiger partial charge in [0.05, 0.1) is 21.1 Å². The van der Waals surface area contributed by atoms with E-state index in [2.05, 4.69) is 60.2 Å². The summed E-state index contributed by atoms with van der Waals surface area (Å²) in [6, 6.07) is 12.8. The monoisotopic (exact) mass is 242 g/mol. The van der Waals surface area contributed by atoms with Crippen LogP contribution in [-0.4, -0.2) is 9.97 Å². The standard InChI is InChI=1S/C14H14N2S/c1-9-3-5-11(15-9)13-7-8-14(17-13)12-6-4-10(2)16-12/h3-8,15-16H,1-2H3. The van der Waals surface area contributed by atoms with Crippen LogP contribution >= 0.6 is 11.3 Å². The molecule has 3 aromatic rings. The molecule has 0 radical (unpaired) electrons. The first-order chi connectivity index (χ1) is 8.22. The Kier molecular flexibility index (Phi) is 2.41. The van der Waals surface area contributed by atoms with Crippen molar-refractivity contribution in [1.82, 2.24) is 9.97 Å². The van der Waals surface area contributed by atoms with Gasteiger partial charge in [-0.3, -0.25) is 0 Å². The van der Waals surface area contributed by atoms with Gasteiger partial charge in [-0.25, -0.2) is 0 Å². The Bertz CT molecular complexity index is 588. The lowest BCUT2D eigenvalue weighted by atomic mass is 10.3. The Balaban J connectivity index is 1.98. The first-order valence-electron chi connectivity index (χ1n) is 5.64. The maximum atomic E-state index is 3.36. The molecule has 2 N–H and O–H groups in total. The van der Waals surface area contributed by atoms with Gasteiger partial charge in [0.2, 0.25) is 0 Å². The molecule has 3 heteroatoms. The molecular formula is C14H14N2S. The predicted octanol–water partition coefficient (Wildman–Crippen LogP) is 4.36. The average Bonchev–Trinajstić information content (AvgIpc) is 2.96. The molecule has 0 atom stereocenters. The molecule has 0 aliphatic heterocycles. The van der Waals surface area contributed by atoms with Gasteiger partial charge in [0.15, 0.2) is 0 Å². The van der Waals surface area contributed by atoms with E-state index in [1.54, 1.807) is 11.3 Å². The summed E-state index contributed by atoms with van der Waals surface area (Å²) < 4.78 is 0. The van der Waals surface area contributed by atoms with Gasteiger partial charge in [-0.15, -0.1) is 11.3 Å². The van der Waals surface area contributed by atoms with Gasteiger partial charge >= 0.3 is 0 Å². The van der Waals surface area contributed by atoms with Crippen LogP contribution in [0, 0.1) is 13.8 Å². The minimum atomic E-state index is 1.20. The maximum absolute atomic E-state index is 3.36. The number of nitrogens with one attached hydrogen (secondary N) is 2. The molecule has 0 unspecified atom stereocenters. The van der Waals surface area contributed by atoms with Crippen LogP contribution in [0.5, 0.6) is 0 Å². The van der Waals surface area contributed by atoms with Gasteiger partial charge in [0, 0.05) is 11.4 Å². The van der Waals surface area contributed by atoms with Crippen LogP contribution in [0.15, 0.2) is 36.4 Å². The highest BCUT2D eigenvalue weighted by Gasteiger charge is 2.06. The minimum Gasteiger partial charge on any atom is -0.358 e. The number of hydrogen-bond acceptors (Lipinski definition) is 1. The molecule has 0 fully saturated rings. The summed E-state index contributed by atoms with van der Waals surface area (Å²) in [5, 5.41) is 0. The van der Waals surface area contributed by atoms with E-state index >= 15 is 0 Å². The van der Waals surface area contributed by atoms with Crippen LogP contribution in [0.4, 0.5) is 0 Å². The number of rotatable bonds is 2. The topological polar surface area (TPSA) is 31.6 Å². The largest absolute Gasteiger partial charge is 0.358 e. The van der Waals surface area contributed by atoms with Crippen LogP contribution in [0.2, 0.25) is 0 Å². The summed E-state index contributed by atoms with van der Waals surface area (Å²) >= 11 is 1.80. The predicted molar refractivity (Wildman–Crippen MR) is 73.4 cm³/mol. The third kappa shape index (κ3) is 1.94. The zero-order valence-electron chi connectivity index (χ0n) is 9.87. The molecule has 0 amide bonds. The molecule has 3 heterocycles. The highest BCUT2D eigenvalue weighted by atomic mass is 32.1. The fourth-order valence-corrected chi connectivity index (χ4v) is 2.89. The molecule has 0 spiro atoms. The average molecular weight is 242 g/mol. The number of aromatic amines is 2. The molecule has 3 aromatic heterocycles. The number of thiophene rings is 1. The first-order valence-corrected chi connectivity index (χ1v) is 6.46. The van der Waals surface area contributed by atoms with E-state index in [4.69, 9.17) is 0 Å². The van der Waals surface area contributed by atoms with E-state index in [0.29, 0.717) is 0 Å². The van der Waals surface area contributed by atoms with Crippen LogP contribution in [-0.2, 0) is 0 Å². The molecule has 2 nitrogen and oxygen atoms in total. The summed E-state index contributed by atoms with van der Waals surface area (Å²) in [5.74, 6) is 0. The van der Waals surface area contributed by atoms with Gasteiger partial charge in [-0.05, 0) is 50.2 Å². The molecule has 0 saturated carbocycles. The minimum absolute atomic E-state index is 1.20. The molecule has 0 bridgehead atoms. The number of H-pyrrole nitrogens is 2. The van der Waals surface area contributed by atoms with Crippen molar-refractivity contribution in [2.45, 2.75) is 13.8 Å². The summed E-state index contributed by atoms with van der Waals surface area (Å²) in [4.78, 5) is 9.28. The van der Waals surface area contributed by atoms with Gasteiger partial charge in [-0.1, -0.05) is 0 Å². The van der Waals surface area contributed by atoms with Gasteiger partial charge in [0.25, 0.3) is 0 Å². The molecule has 86 valence electrons. The summed E-state index contributed by atoms with van der Waals surface area (Å²) in [5.41, 5.74) is 4.79. The number of aromatic nitrogens is 2. The van der Waals surface area contributed by atoms with E-state index in [-0.39, 0.29) is 0 Å². The van der Waals surface area contributed by atoms with Crippen LogP contribution < -0.4 is 0 Å². The fourth-order valence-electron chi connectivity index (χ4n) is 1.92. The van der Waals surface area contributed by atoms with Crippen LogP contribution in [0.25, 0.3) is 21.1 Å². The van der Waals surface area contributed by atoms with Crippen molar-refractivity contribution in [2.24, 2.45) is 0 Å². The van der Waals surface area contributed by atoms with Crippen molar-refractivity contribution in [3.63, 3.8) is 0 Å². The van der Waals surface area contributed by atoms with Crippen molar-refractivity contribution < 1.29 is 0 Å². The second-order valence-electron chi connectivity index (χ2n) is 4.27. The normalized spacial score (nSPS) is 10.9. The summed E-state index contributed by atoms with van der Waals surface area (Å²) in [7, 11) is 0. The van der Waals surface area contributed by atoms with Gasteiger partial charge in [-0.2, -0.15) is 0 Å². The maximum Gasteiger partial charge on any atom is 0.0557 e. The van der Waals surface area contributed by atoms with Crippen molar-refractivity contribution in [3.8, 4) is 21.1 Å². The second-order valence-corrected chi connectivity index (χ2v) is 5.36.